The van der Waals surface area contributed by atoms with Gasteiger partial charge in [0.25, 0.3) is 0 Å². The molecule has 0 unspecified atom stereocenters. The van der Waals surface area contributed by atoms with E-state index < -0.39 is 11.7 Å². The summed E-state index contributed by atoms with van der Waals surface area (Å²) in [5.41, 5.74) is 0.756. The zero-order chi connectivity index (χ0) is 14.9. The minimum atomic E-state index is -4.43. The van der Waals surface area contributed by atoms with Crippen LogP contribution in [0.5, 0.6) is 0 Å². The Kier molecular flexibility index (Phi) is 3.85. The Bertz CT molecular complexity index is 621. The molecular weight excluding hydrogens is 291 g/mol. The van der Waals surface area contributed by atoms with Crippen LogP contribution in [0.4, 0.5) is 24.8 Å². The second-order valence-electron chi connectivity index (χ2n) is 4.29. The summed E-state index contributed by atoms with van der Waals surface area (Å²) in [5, 5.41) is 2.88. The summed E-state index contributed by atoms with van der Waals surface area (Å²) >= 11 is 5.89. The normalized spacial score (nSPS) is 11.5. The van der Waals surface area contributed by atoms with Crippen molar-refractivity contribution in [2.75, 3.05) is 5.32 Å². The smallest absolute Gasteiger partial charge is 0.323 e. The molecular formula is C13H11ClF3N3. The van der Waals surface area contributed by atoms with Crippen LogP contribution < -0.4 is 5.32 Å². The van der Waals surface area contributed by atoms with E-state index in [1.807, 2.05) is 0 Å². The number of aromatic nitrogens is 2. The molecule has 0 fully saturated rings. The molecule has 0 aliphatic rings. The molecule has 20 heavy (non-hydrogen) atoms. The summed E-state index contributed by atoms with van der Waals surface area (Å²) in [6.07, 6.45) is -4.43. The van der Waals surface area contributed by atoms with Gasteiger partial charge in [0.15, 0.2) is 0 Å². The first kappa shape index (κ1) is 14.6. The molecule has 2 aromatic rings. The number of aryl methyl sites for hydroxylation is 2. The van der Waals surface area contributed by atoms with Gasteiger partial charge in [-0.3, -0.25) is 0 Å². The van der Waals surface area contributed by atoms with E-state index in [1.165, 1.54) is 6.07 Å². The number of nitrogens with zero attached hydrogens (tertiary/aromatic N) is 2. The van der Waals surface area contributed by atoms with Crippen molar-refractivity contribution < 1.29 is 13.2 Å². The van der Waals surface area contributed by atoms with E-state index in [-0.39, 0.29) is 16.7 Å². The lowest BCUT2D eigenvalue weighted by atomic mass is 10.2. The van der Waals surface area contributed by atoms with Crippen LogP contribution in [-0.4, -0.2) is 9.97 Å². The van der Waals surface area contributed by atoms with Crippen molar-refractivity contribution in [3.05, 3.63) is 46.2 Å². The van der Waals surface area contributed by atoms with E-state index in [2.05, 4.69) is 15.3 Å². The molecule has 0 atom stereocenters. The molecule has 1 aromatic carbocycles. The first-order chi connectivity index (χ1) is 9.25. The van der Waals surface area contributed by atoms with Gasteiger partial charge in [0.2, 0.25) is 5.95 Å². The van der Waals surface area contributed by atoms with Gasteiger partial charge in [0.05, 0.1) is 16.3 Å². The predicted molar refractivity (Wildman–Crippen MR) is 71.2 cm³/mol. The molecule has 0 radical (unpaired) electrons. The third-order valence-electron chi connectivity index (χ3n) is 2.52. The number of hydrogen-bond donors (Lipinski definition) is 1. The molecule has 0 bridgehead atoms. The van der Waals surface area contributed by atoms with Gasteiger partial charge in [-0.05, 0) is 38.1 Å². The molecule has 0 aliphatic heterocycles. The maximum absolute atomic E-state index is 12.7. The van der Waals surface area contributed by atoms with Crippen LogP contribution in [0.3, 0.4) is 0 Å². The molecule has 1 heterocycles. The van der Waals surface area contributed by atoms with Crippen LogP contribution >= 0.6 is 11.6 Å². The zero-order valence-electron chi connectivity index (χ0n) is 10.7. The fourth-order valence-electron chi connectivity index (χ4n) is 1.70. The minimum absolute atomic E-state index is 0.117. The first-order valence-corrected chi connectivity index (χ1v) is 6.09. The van der Waals surface area contributed by atoms with Crippen LogP contribution in [0.1, 0.15) is 17.0 Å². The molecule has 106 valence electrons. The molecule has 7 heteroatoms. The second kappa shape index (κ2) is 5.28. The van der Waals surface area contributed by atoms with Crippen molar-refractivity contribution >= 4 is 23.2 Å². The van der Waals surface area contributed by atoms with Gasteiger partial charge >= 0.3 is 6.18 Å². The number of halogens is 4. The Balaban J connectivity index is 2.37. The van der Waals surface area contributed by atoms with E-state index in [0.717, 1.165) is 12.1 Å². The highest BCUT2D eigenvalue weighted by atomic mass is 35.5. The van der Waals surface area contributed by atoms with Crippen molar-refractivity contribution in [2.45, 2.75) is 20.0 Å². The van der Waals surface area contributed by atoms with Gasteiger partial charge in [-0.1, -0.05) is 11.6 Å². The summed E-state index contributed by atoms with van der Waals surface area (Å²) < 4.78 is 38.0. The number of anilines is 2. The van der Waals surface area contributed by atoms with Gasteiger partial charge in [-0.15, -0.1) is 0 Å². The topological polar surface area (TPSA) is 37.8 Å². The molecule has 1 aromatic heterocycles. The first-order valence-electron chi connectivity index (χ1n) is 5.72. The lowest BCUT2D eigenvalue weighted by Crippen LogP contribution is -2.06. The SMILES string of the molecule is Cc1cc(C)nc(Nc2cc(C(F)(F)F)ccc2Cl)n1. The van der Waals surface area contributed by atoms with Crippen molar-refractivity contribution in [3.63, 3.8) is 0 Å². The molecule has 0 saturated heterocycles. The highest BCUT2D eigenvalue weighted by Crippen LogP contribution is 2.34. The van der Waals surface area contributed by atoms with Crippen LogP contribution in [0.15, 0.2) is 24.3 Å². The van der Waals surface area contributed by atoms with Gasteiger partial charge in [-0.2, -0.15) is 13.2 Å². The summed E-state index contributed by atoms with van der Waals surface area (Å²) in [7, 11) is 0. The molecule has 0 spiro atoms. The Morgan fingerprint density at radius 3 is 2.20 bits per heavy atom. The lowest BCUT2D eigenvalue weighted by molar-refractivity contribution is -0.137. The number of benzene rings is 1. The van der Waals surface area contributed by atoms with Crippen LogP contribution in [0.25, 0.3) is 0 Å². The lowest BCUT2D eigenvalue weighted by Gasteiger charge is -2.12. The van der Waals surface area contributed by atoms with Crippen molar-refractivity contribution in [1.29, 1.82) is 0 Å². The third kappa shape index (κ3) is 3.39. The average molecular weight is 302 g/mol. The Morgan fingerprint density at radius 2 is 1.65 bits per heavy atom. The van der Waals surface area contributed by atoms with E-state index in [4.69, 9.17) is 11.6 Å². The maximum atomic E-state index is 12.7. The fourth-order valence-corrected chi connectivity index (χ4v) is 1.86. The highest BCUT2D eigenvalue weighted by Gasteiger charge is 2.31. The zero-order valence-corrected chi connectivity index (χ0v) is 11.5. The maximum Gasteiger partial charge on any atom is 0.416 e. The minimum Gasteiger partial charge on any atom is -0.323 e. The van der Waals surface area contributed by atoms with Crippen molar-refractivity contribution in [3.8, 4) is 0 Å². The quantitative estimate of drug-likeness (QED) is 0.887. The van der Waals surface area contributed by atoms with Gasteiger partial charge < -0.3 is 5.32 Å². The van der Waals surface area contributed by atoms with Gasteiger partial charge in [0, 0.05) is 11.4 Å². The largest absolute Gasteiger partial charge is 0.416 e. The molecule has 0 saturated carbocycles. The average Bonchev–Trinajstić information content (AvgIpc) is 2.29. The summed E-state index contributed by atoms with van der Waals surface area (Å²) in [5.74, 6) is 0.212. The highest BCUT2D eigenvalue weighted by molar-refractivity contribution is 6.33. The molecule has 0 amide bonds. The standard InChI is InChI=1S/C13H11ClF3N3/c1-7-5-8(2)19-12(18-7)20-11-6-9(13(15,16)17)3-4-10(11)14/h3-6H,1-2H3,(H,18,19,20). The second-order valence-corrected chi connectivity index (χ2v) is 4.70. The molecule has 3 nitrogen and oxygen atoms in total. The molecule has 2 rings (SSSR count). The number of rotatable bonds is 2. The predicted octanol–water partition coefficient (Wildman–Crippen LogP) is 4.51. The Morgan fingerprint density at radius 1 is 1.05 bits per heavy atom. The summed E-state index contributed by atoms with van der Waals surface area (Å²) in [4.78, 5) is 8.20. The van der Waals surface area contributed by atoms with Gasteiger partial charge in [-0.25, -0.2) is 9.97 Å². The third-order valence-corrected chi connectivity index (χ3v) is 2.85. The Hall–Kier alpha value is -1.82. The summed E-state index contributed by atoms with van der Waals surface area (Å²) in [6.45, 7) is 3.54. The van der Waals surface area contributed by atoms with Crippen molar-refractivity contribution in [1.82, 2.24) is 9.97 Å². The Labute approximate surface area is 118 Å². The van der Waals surface area contributed by atoms with Crippen LogP contribution in [-0.2, 0) is 6.18 Å². The van der Waals surface area contributed by atoms with Crippen LogP contribution in [0, 0.1) is 13.8 Å². The molecule has 1 N–H and O–H groups in total. The van der Waals surface area contributed by atoms with E-state index in [9.17, 15) is 13.2 Å². The van der Waals surface area contributed by atoms with E-state index in [0.29, 0.717) is 11.4 Å². The van der Waals surface area contributed by atoms with E-state index in [1.54, 1.807) is 19.9 Å². The number of nitrogens with one attached hydrogen (secondary N) is 1. The molecule has 0 aliphatic carbocycles. The summed E-state index contributed by atoms with van der Waals surface area (Å²) in [6, 6.07) is 4.81. The van der Waals surface area contributed by atoms with Gasteiger partial charge in [0.1, 0.15) is 0 Å². The van der Waals surface area contributed by atoms with Crippen molar-refractivity contribution in [2.24, 2.45) is 0 Å². The number of hydrogen-bond acceptors (Lipinski definition) is 3. The fraction of sp³-hybridized carbons (Fsp3) is 0.231. The monoisotopic (exact) mass is 301 g/mol. The van der Waals surface area contributed by atoms with Crippen LogP contribution in [0.2, 0.25) is 5.02 Å². The van der Waals surface area contributed by atoms with E-state index >= 15 is 0 Å². The number of alkyl halides is 3.